The Balaban J connectivity index is 2.57. The third kappa shape index (κ3) is 2.75. The Morgan fingerprint density at radius 2 is 1.70 bits per heavy atom. The Labute approximate surface area is 115 Å². The van der Waals surface area contributed by atoms with Crippen molar-refractivity contribution in [1.29, 1.82) is 0 Å². The van der Waals surface area contributed by atoms with Gasteiger partial charge in [-0.15, -0.1) is 0 Å². The normalized spacial score (nSPS) is 10.1. The molecule has 0 saturated heterocycles. The molecule has 2 aromatic rings. The topological polar surface area (TPSA) is 71.4 Å². The van der Waals surface area contributed by atoms with E-state index in [1.165, 1.54) is 12.1 Å². The fraction of sp³-hybridized carbons (Fsp3) is 0. The number of aliphatic carboxylic acids is 1. The Kier molecular flexibility index (Phi) is 3.95. The summed E-state index contributed by atoms with van der Waals surface area (Å²) in [6.45, 7) is 0. The van der Waals surface area contributed by atoms with Crippen LogP contribution in [-0.4, -0.2) is 24.4 Å². The van der Waals surface area contributed by atoms with Crippen LogP contribution in [0.3, 0.4) is 0 Å². The lowest BCUT2D eigenvalue weighted by Gasteiger charge is -2.05. The van der Waals surface area contributed by atoms with Crippen molar-refractivity contribution in [2.24, 2.45) is 0 Å². The van der Waals surface area contributed by atoms with Crippen LogP contribution in [0.5, 0.6) is 0 Å². The highest BCUT2D eigenvalue weighted by atomic mass is 32.2. The molecule has 4 nitrogen and oxygen atoms in total. The van der Waals surface area contributed by atoms with Crippen LogP contribution in [0, 0.1) is 5.82 Å². The minimum absolute atomic E-state index is 0.192. The fourth-order valence-electron chi connectivity index (χ4n) is 1.80. The molecule has 0 amide bonds. The summed E-state index contributed by atoms with van der Waals surface area (Å²) in [5.41, 5.74) is 0.704. The fourth-order valence-corrected chi connectivity index (χ4v) is 2.26. The molecule has 0 radical (unpaired) electrons. The van der Waals surface area contributed by atoms with E-state index in [0.29, 0.717) is 5.56 Å². The van der Waals surface area contributed by atoms with E-state index in [1.54, 1.807) is 30.3 Å². The standard InChI is InChI=1S/C14H9FO4S/c15-12-8-10(13(14(16)17)20(18)19)6-7-11(12)9-4-2-1-3-5-9/h1-8H,(H,16,17). The molecule has 6 heteroatoms. The van der Waals surface area contributed by atoms with E-state index in [1.807, 2.05) is 0 Å². The molecule has 0 aliphatic rings. The Hall–Kier alpha value is -2.47. The summed E-state index contributed by atoms with van der Waals surface area (Å²) in [6.07, 6.45) is 0. The van der Waals surface area contributed by atoms with Crippen LogP contribution >= 0.6 is 0 Å². The first-order valence-corrected chi connectivity index (χ1v) is 6.63. The van der Waals surface area contributed by atoms with Gasteiger partial charge in [0.1, 0.15) is 5.82 Å². The van der Waals surface area contributed by atoms with Crippen LogP contribution in [0.25, 0.3) is 11.1 Å². The molecule has 0 bridgehead atoms. The van der Waals surface area contributed by atoms with Gasteiger partial charge < -0.3 is 5.11 Å². The van der Waals surface area contributed by atoms with Gasteiger partial charge in [0.15, 0.2) is 4.86 Å². The molecule has 0 aliphatic carbocycles. The number of rotatable bonds is 3. The van der Waals surface area contributed by atoms with Gasteiger partial charge in [0.2, 0.25) is 10.3 Å². The van der Waals surface area contributed by atoms with Crippen LogP contribution in [0.15, 0.2) is 48.5 Å². The van der Waals surface area contributed by atoms with Gasteiger partial charge in [-0.25, -0.2) is 9.18 Å². The highest BCUT2D eigenvalue weighted by Crippen LogP contribution is 2.23. The molecule has 0 aliphatic heterocycles. The van der Waals surface area contributed by atoms with Crippen molar-refractivity contribution in [2.75, 3.05) is 0 Å². The molecule has 2 aromatic carbocycles. The molecule has 20 heavy (non-hydrogen) atoms. The van der Waals surface area contributed by atoms with Crippen molar-refractivity contribution in [3.63, 3.8) is 0 Å². The lowest BCUT2D eigenvalue weighted by atomic mass is 10.0. The lowest BCUT2D eigenvalue weighted by molar-refractivity contribution is -0.129. The second kappa shape index (κ2) is 5.66. The van der Waals surface area contributed by atoms with Gasteiger partial charge in [-0.2, -0.15) is 8.42 Å². The van der Waals surface area contributed by atoms with Crippen LogP contribution < -0.4 is 0 Å². The summed E-state index contributed by atoms with van der Waals surface area (Å²) in [6, 6.07) is 12.2. The van der Waals surface area contributed by atoms with Gasteiger partial charge in [0, 0.05) is 11.1 Å². The van der Waals surface area contributed by atoms with E-state index in [4.69, 9.17) is 5.11 Å². The summed E-state index contributed by atoms with van der Waals surface area (Å²) >= 11 is 0. The first kappa shape index (κ1) is 14.0. The van der Waals surface area contributed by atoms with Crippen LogP contribution in [0.2, 0.25) is 0 Å². The van der Waals surface area contributed by atoms with Crippen molar-refractivity contribution in [3.05, 3.63) is 59.9 Å². The van der Waals surface area contributed by atoms with Gasteiger partial charge in [-0.05, 0) is 11.6 Å². The molecule has 1 N–H and O–H groups in total. The quantitative estimate of drug-likeness (QED) is 0.693. The molecule has 102 valence electrons. The van der Waals surface area contributed by atoms with Crippen LogP contribution in [-0.2, 0) is 15.1 Å². The van der Waals surface area contributed by atoms with E-state index in [0.717, 1.165) is 6.07 Å². The molecule has 0 spiro atoms. The first-order valence-electron chi connectivity index (χ1n) is 5.55. The van der Waals surface area contributed by atoms with Gasteiger partial charge in [0.25, 0.3) is 0 Å². The maximum atomic E-state index is 14.0. The molecule has 0 aromatic heterocycles. The molecule has 0 atom stereocenters. The van der Waals surface area contributed by atoms with Crippen molar-refractivity contribution < 1.29 is 22.7 Å². The molecule has 0 fully saturated rings. The molecule has 0 unspecified atom stereocenters. The van der Waals surface area contributed by atoms with E-state index in [-0.39, 0.29) is 11.1 Å². The second-order valence-corrected chi connectivity index (χ2v) is 4.81. The molecule has 0 saturated carbocycles. The number of carboxylic acids is 1. The molecular formula is C14H9FO4S. The zero-order valence-electron chi connectivity index (χ0n) is 10.1. The maximum absolute atomic E-state index is 14.0. The van der Waals surface area contributed by atoms with Crippen molar-refractivity contribution in [2.45, 2.75) is 0 Å². The molecule has 2 rings (SSSR count). The Bertz CT molecular complexity index is 787. The smallest absolute Gasteiger partial charge is 0.352 e. The van der Waals surface area contributed by atoms with Crippen LogP contribution in [0.1, 0.15) is 5.56 Å². The summed E-state index contributed by atoms with van der Waals surface area (Å²) in [5.74, 6) is -2.30. The third-order valence-corrected chi connectivity index (χ3v) is 3.42. The average molecular weight is 292 g/mol. The second-order valence-electron chi connectivity index (χ2n) is 3.93. The highest BCUT2D eigenvalue weighted by molar-refractivity contribution is 7.75. The van der Waals surface area contributed by atoms with Crippen molar-refractivity contribution >= 4 is 21.1 Å². The highest BCUT2D eigenvalue weighted by Gasteiger charge is 2.16. The summed E-state index contributed by atoms with van der Waals surface area (Å²) < 4.78 is 35.8. The van der Waals surface area contributed by atoms with E-state index >= 15 is 0 Å². The summed E-state index contributed by atoms with van der Waals surface area (Å²) in [5, 5.41) is 8.82. The zero-order valence-corrected chi connectivity index (χ0v) is 10.9. The minimum atomic E-state index is -2.94. The van der Waals surface area contributed by atoms with Crippen LogP contribution in [0.4, 0.5) is 4.39 Å². The Morgan fingerprint density at radius 1 is 1.05 bits per heavy atom. The Morgan fingerprint density at radius 3 is 2.20 bits per heavy atom. The van der Waals surface area contributed by atoms with Gasteiger partial charge in [-0.1, -0.05) is 42.5 Å². The van der Waals surface area contributed by atoms with Crippen molar-refractivity contribution in [3.8, 4) is 11.1 Å². The van der Waals surface area contributed by atoms with E-state index < -0.39 is 26.9 Å². The number of carbonyl (C=O) groups is 1. The van der Waals surface area contributed by atoms with Gasteiger partial charge >= 0.3 is 5.97 Å². The van der Waals surface area contributed by atoms with Crippen molar-refractivity contribution in [1.82, 2.24) is 0 Å². The summed E-state index contributed by atoms with van der Waals surface area (Å²) in [7, 11) is -2.94. The largest absolute Gasteiger partial charge is 0.477 e. The predicted molar refractivity (Wildman–Crippen MR) is 72.5 cm³/mol. The van der Waals surface area contributed by atoms with Gasteiger partial charge in [-0.3, -0.25) is 0 Å². The number of hydrogen-bond donors (Lipinski definition) is 1. The van der Waals surface area contributed by atoms with E-state index in [9.17, 15) is 17.6 Å². The molecular weight excluding hydrogens is 283 g/mol. The lowest BCUT2D eigenvalue weighted by Crippen LogP contribution is -2.15. The first-order chi connectivity index (χ1) is 9.50. The number of benzene rings is 2. The minimum Gasteiger partial charge on any atom is -0.477 e. The predicted octanol–water partition coefficient (Wildman–Crippen LogP) is 1.98. The van der Waals surface area contributed by atoms with E-state index in [2.05, 4.69) is 0 Å². The average Bonchev–Trinajstić information content (AvgIpc) is 2.39. The van der Waals surface area contributed by atoms with Gasteiger partial charge in [0.05, 0.1) is 0 Å². The maximum Gasteiger partial charge on any atom is 0.352 e. The molecule has 0 heterocycles. The number of halogens is 1. The SMILES string of the molecule is O=C(O)C(c1ccc(-c2ccccc2)c(F)c1)=S(=O)=O. The zero-order chi connectivity index (χ0) is 14.7. The monoisotopic (exact) mass is 292 g/mol. The number of carboxylic acid groups (broad SMARTS) is 1. The number of hydrogen-bond acceptors (Lipinski definition) is 3. The third-order valence-electron chi connectivity index (χ3n) is 2.68. The summed E-state index contributed by atoms with van der Waals surface area (Å²) in [4.78, 5) is 10.00.